The Morgan fingerprint density at radius 1 is 1.17 bits per heavy atom. The van der Waals surface area contributed by atoms with Gasteiger partial charge in [0.05, 0.1) is 18.8 Å². The number of carbonyl (C=O) groups excluding carboxylic acids is 1. The predicted octanol–water partition coefficient (Wildman–Crippen LogP) is 4.32. The van der Waals surface area contributed by atoms with Crippen LogP contribution in [0.3, 0.4) is 0 Å². The molecule has 0 spiro atoms. The Hall–Kier alpha value is -2.83. The van der Waals surface area contributed by atoms with Gasteiger partial charge in [-0.25, -0.2) is 0 Å². The monoisotopic (exact) mass is 411 g/mol. The highest BCUT2D eigenvalue weighted by Gasteiger charge is 2.41. The molecule has 0 saturated carbocycles. The summed E-state index contributed by atoms with van der Waals surface area (Å²) in [4.78, 5) is 15.0. The summed E-state index contributed by atoms with van der Waals surface area (Å²) < 4.78 is 10.5. The van der Waals surface area contributed by atoms with Crippen LogP contribution in [0.4, 0.5) is 0 Å². The number of amides is 1. The summed E-state index contributed by atoms with van der Waals surface area (Å²) in [6.45, 7) is 1.17. The fourth-order valence-electron chi connectivity index (χ4n) is 3.79. The molecule has 1 N–H and O–H groups in total. The fraction of sp³-hybridized carbons (Fsp3) is 0.273. The maximum Gasteiger partial charge on any atom is 0.273 e. The summed E-state index contributed by atoms with van der Waals surface area (Å²) >= 11 is 6.10. The van der Waals surface area contributed by atoms with E-state index < -0.39 is 0 Å². The Morgan fingerprint density at radius 2 is 1.97 bits per heavy atom. The number of fused-ring (bicyclic) bond motifs is 1. The molecule has 1 unspecified atom stereocenters. The number of ether oxygens (including phenoxy) is 2. The van der Waals surface area contributed by atoms with Crippen molar-refractivity contribution in [3.05, 3.63) is 70.4 Å². The van der Waals surface area contributed by atoms with Crippen molar-refractivity contribution in [1.82, 2.24) is 15.1 Å². The molecule has 1 aliphatic rings. The van der Waals surface area contributed by atoms with E-state index in [9.17, 15) is 4.79 Å². The van der Waals surface area contributed by atoms with Crippen LogP contribution < -0.4 is 4.74 Å². The van der Waals surface area contributed by atoms with Gasteiger partial charge in [0, 0.05) is 36.4 Å². The molecule has 150 valence electrons. The lowest BCUT2D eigenvalue weighted by molar-refractivity contribution is 0.0723. The number of nitrogens with one attached hydrogen (secondary N) is 1. The van der Waals surface area contributed by atoms with Crippen LogP contribution in [0, 0.1) is 0 Å². The lowest BCUT2D eigenvalue weighted by Gasteiger charge is -2.26. The molecular weight excluding hydrogens is 390 g/mol. The minimum atomic E-state index is -0.244. The molecule has 1 aliphatic heterocycles. The van der Waals surface area contributed by atoms with Gasteiger partial charge in [-0.05, 0) is 36.2 Å². The number of aromatic amines is 1. The number of aromatic nitrogens is 2. The Labute approximate surface area is 174 Å². The van der Waals surface area contributed by atoms with E-state index >= 15 is 0 Å². The lowest BCUT2D eigenvalue weighted by Crippen LogP contribution is -2.31. The van der Waals surface area contributed by atoms with E-state index in [0.717, 1.165) is 34.6 Å². The lowest BCUT2D eigenvalue weighted by atomic mass is 9.96. The van der Waals surface area contributed by atoms with Crippen molar-refractivity contribution in [3.63, 3.8) is 0 Å². The summed E-state index contributed by atoms with van der Waals surface area (Å²) in [5, 5.41) is 8.10. The molecule has 4 rings (SSSR count). The molecule has 7 heteroatoms. The molecule has 0 bridgehead atoms. The van der Waals surface area contributed by atoms with E-state index in [1.807, 2.05) is 53.4 Å². The van der Waals surface area contributed by atoms with Crippen LogP contribution in [0.2, 0.25) is 5.02 Å². The summed E-state index contributed by atoms with van der Waals surface area (Å²) in [5.74, 6) is 0.682. The molecule has 0 aliphatic carbocycles. The quantitative estimate of drug-likeness (QED) is 0.588. The average Bonchev–Trinajstić information content (AvgIpc) is 3.29. The molecule has 0 saturated heterocycles. The van der Waals surface area contributed by atoms with Crippen molar-refractivity contribution < 1.29 is 14.3 Å². The van der Waals surface area contributed by atoms with Crippen molar-refractivity contribution in [1.29, 1.82) is 0 Å². The first-order valence-electron chi connectivity index (χ1n) is 9.42. The van der Waals surface area contributed by atoms with Gasteiger partial charge in [-0.3, -0.25) is 9.89 Å². The van der Waals surface area contributed by atoms with Gasteiger partial charge in [-0.2, -0.15) is 5.10 Å². The van der Waals surface area contributed by atoms with Gasteiger partial charge < -0.3 is 14.4 Å². The van der Waals surface area contributed by atoms with Crippen molar-refractivity contribution in [3.8, 4) is 17.0 Å². The van der Waals surface area contributed by atoms with Gasteiger partial charge in [0.2, 0.25) is 0 Å². The first kappa shape index (κ1) is 19.5. The molecule has 1 amide bonds. The highest BCUT2D eigenvalue weighted by atomic mass is 35.5. The summed E-state index contributed by atoms with van der Waals surface area (Å²) in [5.41, 5.74) is 4.04. The van der Waals surface area contributed by atoms with E-state index in [-0.39, 0.29) is 11.9 Å². The number of H-pyrrole nitrogens is 1. The highest BCUT2D eigenvalue weighted by Crippen LogP contribution is 2.43. The van der Waals surface area contributed by atoms with E-state index in [2.05, 4.69) is 10.2 Å². The third-order valence-electron chi connectivity index (χ3n) is 5.14. The van der Waals surface area contributed by atoms with Crippen molar-refractivity contribution in [2.75, 3.05) is 27.4 Å². The molecular formula is C22H22ClN3O3. The largest absolute Gasteiger partial charge is 0.497 e. The minimum absolute atomic E-state index is 0.0577. The molecule has 6 nitrogen and oxygen atoms in total. The van der Waals surface area contributed by atoms with Gasteiger partial charge >= 0.3 is 0 Å². The first-order valence-corrected chi connectivity index (χ1v) is 9.80. The fourth-order valence-corrected chi connectivity index (χ4v) is 3.91. The molecule has 1 atom stereocenters. The predicted molar refractivity (Wildman–Crippen MR) is 111 cm³/mol. The highest BCUT2D eigenvalue weighted by molar-refractivity contribution is 6.30. The second-order valence-electron chi connectivity index (χ2n) is 6.89. The standard InChI is InChI=1S/C22H22ClN3O3/c1-28-12-4-11-26-21(14-7-9-16(23)10-8-14)18-19(24-25-20(18)22(26)27)15-5-3-6-17(13-15)29-2/h3,5-10,13,21H,4,11-12H2,1-2H3,(H,24,25). The zero-order valence-electron chi connectivity index (χ0n) is 16.3. The molecule has 2 heterocycles. The normalized spacial score (nSPS) is 15.6. The van der Waals surface area contributed by atoms with E-state index in [4.69, 9.17) is 21.1 Å². The molecule has 2 aromatic carbocycles. The second kappa shape index (κ2) is 8.27. The molecule has 1 aromatic heterocycles. The van der Waals surface area contributed by atoms with Crippen LogP contribution >= 0.6 is 11.6 Å². The van der Waals surface area contributed by atoms with Gasteiger partial charge in [-0.15, -0.1) is 0 Å². The van der Waals surface area contributed by atoms with Crippen LogP contribution in [0.1, 0.15) is 34.1 Å². The van der Waals surface area contributed by atoms with Gasteiger partial charge in [0.25, 0.3) is 5.91 Å². The summed E-state index contributed by atoms with van der Waals surface area (Å²) in [6.07, 6.45) is 0.749. The zero-order valence-corrected chi connectivity index (χ0v) is 17.1. The summed E-state index contributed by atoms with van der Waals surface area (Å²) in [6, 6.07) is 15.1. The van der Waals surface area contributed by atoms with E-state index in [1.165, 1.54) is 0 Å². The van der Waals surface area contributed by atoms with Gasteiger partial charge in [0.1, 0.15) is 11.4 Å². The molecule has 3 aromatic rings. The number of carbonyl (C=O) groups is 1. The second-order valence-corrected chi connectivity index (χ2v) is 7.33. The molecule has 29 heavy (non-hydrogen) atoms. The maximum atomic E-state index is 13.2. The molecule has 0 radical (unpaired) electrons. The maximum absolute atomic E-state index is 13.2. The Kier molecular flexibility index (Phi) is 5.56. The number of halogens is 1. The van der Waals surface area contributed by atoms with Crippen LogP contribution in [0.25, 0.3) is 11.3 Å². The summed E-state index contributed by atoms with van der Waals surface area (Å²) in [7, 11) is 3.29. The van der Waals surface area contributed by atoms with Gasteiger partial charge in [-0.1, -0.05) is 35.9 Å². The zero-order chi connectivity index (χ0) is 20.4. The Morgan fingerprint density at radius 3 is 2.69 bits per heavy atom. The van der Waals surface area contributed by atoms with Gasteiger partial charge in [0.15, 0.2) is 0 Å². The number of nitrogens with zero attached hydrogens (tertiary/aromatic N) is 2. The smallest absolute Gasteiger partial charge is 0.273 e. The number of hydrogen-bond acceptors (Lipinski definition) is 4. The van der Waals surface area contributed by atoms with E-state index in [1.54, 1.807) is 14.2 Å². The Bertz CT molecular complexity index is 1020. The topological polar surface area (TPSA) is 67.5 Å². The van der Waals surface area contributed by atoms with Crippen molar-refractivity contribution in [2.45, 2.75) is 12.5 Å². The van der Waals surface area contributed by atoms with Crippen LogP contribution in [-0.2, 0) is 4.74 Å². The number of benzene rings is 2. The van der Waals surface area contributed by atoms with E-state index in [0.29, 0.717) is 23.9 Å². The first-order chi connectivity index (χ1) is 14.1. The third-order valence-corrected chi connectivity index (χ3v) is 5.39. The molecule has 0 fully saturated rings. The third kappa shape index (κ3) is 3.61. The van der Waals surface area contributed by atoms with Crippen molar-refractivity contribution >= 4 is 17.5 Å². The average molecular weight is 412 g/mol. The van der Waals surface area contributed by atoms with Crippen LogP contribution in [-0.4, -0.2) is 48.4 Å². The number of rotatable bonds is 7. The van der Waals surface area contributed by atoms with Crippen LogP contribution in [0.15, 0.2) is 48.5 Å². The minimum Gasteiger partial charge on any atom is -0.497 e. The number of hydrogen-bond donors (Lipinski definition) is 1. The SMILES string of the molecule is COCCCN1C(=O)c2[nH]nc(-c3cccc(OC)c3)c2C1c1ccc(Cl)cc1. The van der Waals surface area contributed by atoms with Crippen LogP contribution in [0.5, 0.6) is 5.75 Å². The van der Waals surface area contributed by atoms with Crippen molar-refractivity contribution in [2.24, 2.45) is 0 Å². The number of methoxy groups -OCH3 is 2. The Balaban J connectivity index is 1.81.